The number of carbonyl (C=O) groups is 1. The molecule has 2 saturated heterocycles. The van der Waals surface area contributed by atoms with E-state index < -0.39 is 0 Å². The molecule has 2 heterocycles. The van der Waals surface area contributed by atoms with Crippen LogP contribution in [0.1, 0.15) is 26.2 Å². The summed E-state index contributed by atoms with van der Waals surface area (Å²) in [5.74, 6) is 0.342. The van der Waals surface area contributed by atoms with Crippen molar-refractivity contribution in [2.45, 2.75) is 38.3 Å². The number of hydrogen-bond donors (Lipinski definition) is 2. The fraction of sp³-hybridized carbons (Fsp3) is 0.917. The first-order chi connectivity index (χ1) is 8.16. The van der Waals surface area contributed by atoms with Crippen molar-refractivity contribution < 1.29 is 14.6 Å². The van der Waals surface area contributed by atoms with E-state index in [0.717, 1.165) is 39.0 Å². The van der Waals surface area contributed by atoms with Gasteiger partial charge in [-0.05, 0) is 32.1 Å². The third-order valence-corrected chi connectivity index (χ3v) is 3.77. The highest BCUT2D eigenvalue weighted by Crippen LogP contribution is 2.20. The normalized spacial score (nSPS) is 28.1. The highest BCUT2D eigenvalue weighted by molar-refractivity contribution is 5.74. The molecule has 2 unspecified atom stereocenters. The smallest absolute Gasteiger partial charge is 0.317 e. The number of piperidine rings is 1. The second-order valence-corrected chi connectivity index (χ2v) is 5.08. The van der Waals surface area contributed by atoms with E-state index in [0.29, 0.717) is 12.5 Å². The summed E-state index contributed by atoms with van der Waals surface area (Å²) in [4.78, 5) is 13.8. The van der Waals surface area contributed by atoms with Gasteiger partial charge in [-0.1, -0.05) is 0 Å². The number of nitrogens with zero attached hydrogens (tertiary/aromatic N) is 1. The monoisotopic (exact) mass is 242 g/mol. The largest absolute Gasteiger partial charge is 0.393 e. The van der Waals surface area contributed by atoms with E-state index in [-0.39, 0.29) is 18.2 Å². The maximum Gasteiger partial charge on any atom is 0.317 e. The first kappa shape index (κ1) is 12.6. The molecule has 0 aliphatic carbocycles. The van der Waals surface area contributed by atoms with Gasteiger partial charge < -0.3 is 20.1 Å². The molecule has 2 rings (SSSR count). The summed E-state index contributed by atoms with van der Waals surface area (Å²) in [6, 6.07) is 0.196. The minimum absolute atomic E-state index is 0.0181. The van der Waals surface area contributed by atoms with Crippen molar-refractivity contribution in [3.8, 4) is 0 Å². The van der Waals surface area contributed by atoms with Crippen LogP contribution in [-0.4, -0.2) is 54.5 Å². The van der Waals surface area contributed by atoms with Gasteiger partial charge in [0.05, 0.1) is 18.8 Å². The lowest BCUT2D eigenvalue weighted by Gasteiger charge is -2.33. The van der Waals surface area contributed by atoms with Gasteiger partial charge >= 0.3 is 6.03 Å². The van der Waals surface area contributed by atoms with E-state index in [4.69, 9.17) is 4.74 Å². The zero-order valence-electron chi connectivity index (χ0n) is 10.4. The number of carbonyl (C=O) groups excluding carboxylic acids is 1. The van der Waals surface area contributed by atoms with Crippen LogP contribution in [0.3, 0.4) is 0 Å². The molecule has 2 amide bonds. The van der Waals surface area contributed by atoms with Crippen LogP contribution in [0.15, 0.2) is 0 Å². The van der Waals surface area contributed by atoms with Gasteiger partial charge in [-0.15, -0.1) is 0 Å². The summed E-state index contributed by atoms with van der Waals surface area (Å²) in [6.07, 6.45) is 2.44. The number of aliphatic hydroxyl groups excluding tert-OH is 1. The summed E-state index contributed by atoms with van der Waals surface area (Å²) in [6.45, 7) is 4.70. The van der Waals surface area contributed by atoms with Gasteiger partial charge in [0, 0.05) is 19.7 Å². The molecule has 0 saturated carbocycles. The van der Waals surface area contributed by atoms with Crippen molar-refractivity contribution in [2.75, 3.05) is 26.3 Å². The first-order valence-corrected chi connectivity index (χ1v) is 6.48. The molecule has 2 fully saturated rings. The van der Waals surface area contributed by atoms with Crippen molar-refractivity contribution in [1.82, 2.24) is 10.2 Å². The lowest BCUT2D eigenvalue weighted by Crippen LogP contribution is -2.48. The third kappa shape index (κ3) is 3.33. The lowest BCUT2D eigenvalue weighted by atomic mass is 9.92. The van der Waals surface area contributed by atoms with Crippen LogP contribution in [0, 0.1) is 5.92 Å². The molecular formula is C12H22N2O3. The van der Waals surface area contributed by atoms with E-state index in [1.165, 1.54) is 0 Å². The number of aliphatic hydroxyl groups is 1. The Labute approximate surface area is 102 Å². The Balaban J connectivity index is 1.74. The van der Waals surface area contributed by atoms with Gasteiger partial charge in [0.25, 0.3) is 0 Å². The maximum atomic E-state index is 11.9. The van der Waals surface area contributed by atoms with Crippen LogP contribution >= 0.6 is 0 Å². The molecule has 0 aromatic carbocycles. The quantitative estimate of drug-likeness (QED) is 0.744. The average Bonchev–Trinajstić information content (AvgIpc) is 2.82. The average molecular weight is 242 g/mol. The minimum atomic E-state index is -0.261. The topological polar surface area (TPSA) is 61.8 Å². The van der Waals surface area contributed by atoms with Crippen LogP contribution in [0.5, 0.6) is 0 Å². The fourth-order valence-corrected chi connectivity index (χ4v) is 2.50. The molecule has 2 atom stereocenters. The molecular weight excluding hydrogens is 220 g/mol. The number of hydrogen-bond acceptors (Lipinski definition) is 3. The van der Waals surface area contributed by atoms with Crippen molar-refractivity contribution in [2.24, 2.45) is 5.92 Å². The lowest BCUT2D eigenvalue weighted by molar-refractivity contribution is 0.0791. The van der Waals surface area contributed by atoms with Crippen LogP contribution in [0.4, 0.5) is 4.79 Å². The van der Waals surface area contributed by atoms with E-state index >= 15 is 0 Å². The summed E-state index contributed by atoms with van der Waals surface area (Å²) in [5.41, 5.74) is 0. The molecule has 0 radical (unpaired) electrons. The number of amides is 2. The number of urea groups is 1. The summed E-state index contributed by atoms with van der Waals surface area (Å²) < 4.78 is 5.23. The minimum Gasteiger partial charge on any atom is -0.393 e. The Hall–Kier alpha value is -0.810. The molecule has 5 heteroatoms. The Bertz CT molecular complexity index is 256. The molecule has 98 valence electrons. The summed E-state index contributed by atoms with van der Waals surface area (Å²) >= 11 is 0. The maximum absolute atomic E-state index is 11.9. The third-order valence-electron chi connectivity index (χ3n) is 3.77. The summed E-state index contributed by atoms with van der Waals surface area (Å²) in [5, 5.41) is 12.5. The Morgan fingerprint density at radius 3 is 2.65 bits per heavy atom. The van der Waals surface area contributed by atoms with E-state index in [1.54, 1.807) is 0 Å². The zero-order valence-corrected chi connectivity index (χ0v) is 10.4. The molecule has 17 heavy (non-hydrogen) atoms. The van der Waals surface area contributed by atoms with Crippen molar-refractivity contribution in [3.63, 3.8) is 0 Å². The van der Waals surface area contributed by atoms with E-state index in [9.17, 15) is 9.90 Å². The fourth-order valence-electron chi connectivity index (χ4n) is 2.50. The Morgan fingerprint density at radius 2 is 2.12 bits per heavy atom. The number of ether oxygens (including phenoxy) is 1. The molecule has 5 nitrogen and oxygen atoms in total. The van der Waals surface area contributed by atoms with E-state index in [2.05, 4.69) is 5.32 Å². The number of likely N-dealkylation sites (tertiary alicyclic amines) is 1. The SMILES string of the molecule is CC(O)C1CCN(C(=O)NC2CCOC2)CC1. The van der Waals surface area contributed by atoms with Crippen LogP contribution in [-0.2, 0) is 4.74 Å². The molecule has 2 aliphatic heterocycles. The van der Waals surface area contributed by atoms with Crippen molar-refractivity contribution in [1.29, 1.82) is 0 Å². The van der Waals surface area contributed by atoms with Crippen LogP contribution in [0.25, 0.3) is 0 Å². The van der Waals surface area contributed by atoms with Crippen LogP contribution < -0.4 is 5.32 Å². The Morgan fingerprint density at radius 1 is 1.41 bits per heavy atom. The Kier molecular flexibility index (Phi) is 4.23. The first-order valence-electron chi connectivity index (χ1n) is 6.48. The second-order valence-electron chi connectivity index (χ2n) is 5.08. The molecule has 0 spiro atoms. The van der Waals surface area contributed by atoms with Gasteiger partial charge in [0.15, 0.2) is 0 Å². The number of rotatable bonds is 2. The molecule has 2 N–H and O–H groups in total. The van der Waals surface area contributed by atoms with Gasteiger partial charge in [0.1, 0.15) is 0 Å². The molecule has 0 aromatic heterocycles. The van der Waals surface area contributed by atoms with Gasteiger partial charge in [-0.25, -0.2) is 4.79 Å². The van der Waals surface area contributed by atoms with Gasteiger partial charge in [0.2, 0.25) is 0 Å². The number of nitrogens with one attached hydrogen (secondary N) is 1. The highest BCUT2D eigenvalue weighted by Gasteiger charge is 2.27. The summed E-state index contributed by atoms with van der Waals surface area (Å²) in [7, 11) is 0. The standard InChI is InChI=1S/C12H22N2O3/c1-9(15)10-2-5-14(6-3-10)12(16)13-11-4-7-17-8-11/h9-11,15H,2-8H2,1H3,(H,13,16). The zero-order chi connectivity index (χ0) is 12.3. The van der Waals surface area contributed by atoms with Crippen molar-refractivity contribution >= 4 is 6.03 Å². The molecule has 2 aliphatic rings. The second kappa shape index (κ2) is 5.69. The predicted molar refractivity (Wildman–Crippen MR) is 63.7 cm³/mol. The van der Waals surface area contributed by atoms with E-state index in [1.807, 2.05) is 11.8 Å². The van der Waals surface area contributed by atoms with Crippen molar-refractivity contribution in [3.05, 3.63) is 0 Å². The highest BCUT2D eigenvalue weighted by atomic mass is 16.5. The predicted octanol–water partition coefficient (Wildman–Crippen LogP) is 0.578. The van der Waals surface area contributed by atoms with Gasteiger partial charge in [-0.3, -0.25) is 0 Å². The molecule has 0 aromatic rings. The molecule has 0 bridgehead atoms. The van der Waals surface area contributed by atoms with Gasteiger partial charge in [-0.2, -0.15) is 0 Å². The van der Waals surface area contributed by atoms with Crippen LogP contribution in [0.2, 0.25) is 0 Å².